The molecule has 112 valence electrons. The minimum atomic E-state index is -4.55. The summed E-state index contributed by atoms with van der Waals surface area (Å²) < 4.78 is 38.1. The van der Waals surface area contributed by atoms with Crippen LogP contribution in [0.4, 0.5) is 24.9 Å². The van der Waals surface area contributed by atoms with E-state index in [1.807, 2.05) is 35.8 Å². The van der Waals surface area contributed by atoms with Gasteiger partial charge in [0.1, 0.15) is 5.82 Å². The van der Waals surface area contributed by atoms with Gasteiger partial charge in [-0.25, -0.2) is 10.8 Å². The second-order valence-electron chi connectivity index (χ2n) is 4.27. The lowest BCUT2D eigenvalue weighted by Gasteiger charge is -2.11. The Labute approximate surface area is 119 Å². The van der Waals surface area contributed by atoms with Crippen LogP contribution in [0.5, 0.6) is 0 Å². The van der Waals surface area contributed by atoms with Crippen molar-refractivity contribution in [1.82, 2.24) is 9.97 Å². The van der Waals surface area contributed by atoms with Crippen molar-refractivity contribution in [2.45, 2.75) is 12.6 Å². The molecule has 0 bridgehead atoms. The zero-order valence-electron chi connectivity index (χ0n) is 11.0. The molecule has 0 fully saturated rings. The molecule has 4 N–H and O–H groups in total. The van der Waals surface area contributed by atoms with E-state index in [1.54, 1.807) is 0 Å². The Balaban J connectivity index is 2.05. The Hall–Kier alpha value is -2.35. The molecule has 21 heavy (non-hydrogen) atoms. The number of rotatable bonds is 5. The lowest BCUT2D eigenvalue weighted by Crippen LogP contribution is -2.17. The van der Waals surface area contributed by atoms with Gasteiger partial charge in [0.25, 0.3) is 0 Å². The minimum Gasteiger partial charge on any atom is -0.370 e. The molecule has 0 amide bonds. The van der Waals surface area contributed by atoms with Crippen LogP contribution >= 0.6 is 0 Å². The SMILES string of the molecule is NNc1nc(NCCc2ccccc2)cc(C(F)(F)F)n1. The van der Waals surface area contributed by atoms with Crippen molar-refractivity contribution in [2.24, 2.45) is 5.84 Å². The number of alkyl halides is 3. The molecule has 0 spiro atoms. The number of aromatic nitrogens is 2. The van der Waals surface area contributed by atoms with E-state index in [0.717, 1.165) is 11.6 Å². The highest BCUT2D eigenvalue weighted by molar-refractivity contribution is 5.42. The molecule has 1 aromatic carbocycles. The van der Waals surface area contributed by atoms with Gasteiger partial charge >= 0.3 is 6.18 Å². The molecule has 0 radical (unpaired) electrons. The average molecular weight is 297 g/mol. The van der Waals surface area contributed by atoms with Gasteiger partial charge in [0.15, 0.2) is 5.69 Å². The van der Waals surface area contributed by atoms with E-state index in [0.29, 0.717) is 13.0 Å². The third kappa shape index (κ3) is 4.32. The highest BCUT2D eigenvalue weighted by Crippen LogP contribution is 2.29. The largest absolute Gasteiger partial charge is 0.433 e. The van der Waals surface area contributed by atoms with E-state index < -0.39 is 11.9 Å². The van der Waals surface area contributed by atoms with E-state index in [9.17, 15) is 13.2 Å². The number of hydrogen-bond acceptors (Lipinski definition) is 5. The first-order valence-corrected chi connectivity index (χ1v) is 6.20. The first kappa shape index (κ1) is 15.0. The van der Waals surface area contributed by atoms with Crippen molar-refractivity contribution in [3.05, 3.63) is 47.7 Å². The zero-order valence-corrected chi connectivity index (χ0v) is 11.0. The molecule has 0 unspecified atom stereocenters. The van der Waals surface area contributed by atoms with Crippen LogP contribution in [0.3, 0.4) is 0 Å². The Kier molecular flexibility index (Phi) is 4.59. The topological polar surface area (TPSA) is 75.9 Å². The molecule has 2 aromatic rings. The van der Waals surface area contributed by atoms with Gasteiger partial charge in [-0.1, -0.05) is 30.3 Å². The fraction of sp³-hybridized carbons (Fsp3) is 0.231. The summed E-state index contributed by atoms with van der Waals surface area (Å²) >= 11 is 0. The van der Waals surface area contributed by atoms with Gasteiger partial charge in [0, 0.05) is 12.6 Å². The van der Waals surface area contributed by atoms with E-state index in [2.05, 4.69) is 15.3 Å². The molecule has 0 saturated heterocycles. The molecular formula is C13H14F3N5. The number of anilines is 2. The molecule has 0 atom stereocenters. The molecule has 1 heterocycles. The van der Waals surface area contributed by atoms with Gasteiger partial charge in [-0.15, -0.1) is 0 Å². The van der Waals surface area contributed by atoms with Crippen molar-refractivity contribution in [3.8, 4) is 0 Å². The quantitative estimate of drug-likeness (QED) is 0.584. The Bertz CT molecular complexity index is 586. The van der Waals surface area contributed by atoms with Crippen LogP contribution in [-0.2, 0) is 12.6 Å². The summed E-state index contributed by atoms with van der Waals surface area (Å²) in [5.74, 6) is 4.87. The molecule has 5 nitrogen and oxygen atoms in total. The maximum atomic E-state index is 12.7. The third-order valence-corrected chi connectivity index (χ3v) is 2.71. The number of halogens is 3. The predicted octanol–water partition coefficient (Wildman–Crippen LogP) is 2.44. The average Bonchev–Trinajstić information content (AvgIpc) is 2.47. The Morgan fingerprint density at radius 2 is 1.81 bits per heavy atom. The maximum absolute atomic E-state index is 12.7. The summed E-state index contributed by atoms with van der Waals surface area (Å²) in [7, 11) is 0. The van der Waals surface area contributed by atoms with E-state index in [4.69, 9.17) is 5.84 Å². The highest BCUT2D eigenvalue weighted by Gasteiger charge is 2.33. The number of hydrogen-bond donors (Lipinski definition) is 3. The van der Waals surface area contributed by atoms with Crippen molar-refractivity contribution in [2.75, 3.05) is 17.3 Å². The minimum absolute atomic E-state index is 0.0706. The van der Waals surface area contributed by atoms with E-state index in [-0.39, 0.29) is 11.8 Å². The summed E-state index contributed by atoms with van der Waals surface area (Å²) in [6.07, 6.45) is -3.89. The number of nitrogen functional groups attached to an aromatic ring is 1. The van der Waals surface area contributed by atoms with Gasteiger partial charge < -0.3 is 5.32 Å². The van der Waals surface area contributed by atoms with Crippen LogP contribution in [0.25, 0.3) is 0 Å². The standard InChI is InChI=1S/C13H14F3N5/c14-13(15,16)10-8-11(20-12(19-10)21-17)18-7-6-9-4-2-1-3-5-9/h1-5,8H,6-7,17H2,(H2,18,19,20,21). The van der Waals surface area contributed by atoms with Crippen LogP contribution in [0.2, 0.25) is 0 Å². The number of nitrogens with two attached hydrogens (primary N) is 1. The van der Waals surface area contributed by atoms with Gasteiger partial charge in [-0.2, -0.15) is 18.2 Å². The molecule has 8 heteroatoms. The fourth-order valence-corrected chi connectivity index (χ4v) is 1.73. The maximum Gasteiger partial charge on any atom is 0.433 e. The summed E-state index contributed by atoms with van der Waals surface area (Å²) in [6, 6.07) is 10.4. The molecule has 0 aliphatic rings. The van der Waals surface area contributed by atoms with Crippen LogP contribution < -0.4 is 16.6 Å². The first-order chi connectivity index (χ1) is 9.99. The second-order valence-corrected chi connectivity index (χ2v) is 4.27. The fourth-order valence-electron chi connectivity index (χ4n) is 1.73. The van der Waals surface area contributed by atoms with Gasteiger partial charge in [0.05, 0.1) is 0 Å². The van der Waals surface area contributed by atoms with Crippen LogP contribution in [-0.4, -0.2) is 16.5 Å². The van der Waals surface area contributed by atoms with Crippen molar-refractivity contribution in [3.63, 3.8) is 0 Å². The zero-order chi connectivity index (χ0) is 15.3. The third-order valence-electron chi connectivity index (χ3n) is 2.71. The van der Waals surface area contributed by atoms with Crippen LogP contribution in [0.15, 0.2) is 36.4 Å². The van der Waals surface area contributed by atoms with Crippen LogP contribution in [0, 0.1) is 0 Å². The number of hydrazine groups is 1. The first-order valence-electron chi connectivity index (χ1n) is 6.20. The summed E-state index contributed by atoms with van der Waals surface area (Å²) in [5.41, 5.74) is 2.05. The molecule has 1 aromatic heterocycles. The summed E-state index contributed by atoms with van der Waals surface area (Å²) in [6.45, 7) is 0.447. The smallest absolute Gasteiger partial charge is 0.370 e. The van der Waals surface area contributed by atoms with E-state index >= 15 is 0 Å². The van der Waals surface area contributed by atoms with E-state index in [1.165, 1.54) is 0 Å². The van der Waals surface area contributed by atoms with Crippen molar-refractivity contribution in [1.29, 1.82) is 0 Å². The molecule has 0 saturated carbocycles. The Morgan fingerprint density at radius 3 is 2.43 bits per heavy atom. The summed E-state index contributed by atoms with van der Waals surface area (Å²) in [5, 5.41) is 2.83. The molecule has 0 aliphatic carbocycles. The van der Waals surface area contributed by atoms with Crippen LogP contribution in [0.1, 0.15) is 11.3 Å². The van der Waals surface area contributed by atoms with Crippen molar-refractivity contribution < 1.29 is 13.2 Å². The van der Waals surface area contributed by atoms with Gasteiger partial charge in [-0.3, -0.25) is 5.43 Å². The highest BCUT2D eigenvalue weighted by atomic mass is 19.4. The monoisotopic (exact) mass is 297 g/mol. The molecule has 2 rings (SSSR count). The predicted molar refractivity (Wildman–Crippen MR) is 73.5 cm³/mol. The second kappa shape index (κ2) is 6.40. The normalized spacial score (nSPS) is 11.2. The molecule has 0 aliphatic heterocycles. The number of nitrogens with zero attached hydrogens (tertiary/aromatic N) is 2. The number of nitrogens with one attached hydrogen (secondary N) is 2. The lowest BCUT2D eigenvalue weighted by atomic mass is 10.1. The Morgan fingerprint density at radius 1 is 1.10 bits per heavy atom. The molecular weight excluding hydrogens is 283 g/mol. The van der Waals surface area contributed by atoms with Gasteiger partial charge in [0.2, 0.25) is 5.95 Å². The van der Waals surface area contributed by atoms with Gasteiger partial charge in [-0.05, 0) is 12.0 Å². The number of benzene rings is 1. The lowest BCUT2D eigenvalue weighted by molar-refractivity contribution is -0.141. The van der Waals surface area contributed by atoms with Crippen molar-refractivity contribution >= 4 is 11.8 Å². The summed E-state index contributed by atoms with van der Waals surface area (Å²) in [4.78, 5) is 7.12.